The number of pyridine rings is 1. The second-order valence-electron chi connectivity index (χ2n) is 5.26. The minimum Gasteiger partial charge on any atom is -0.375 e. The van der Waals surface area contributed by atoms with E-state index in [2.05, 4.69) is 24.1 Å². The van der Waals surface area contributed by atoms with Gasteiger partial charge in [0.1, 0.15) is 5.82 Å². The number of rotatable bonds is 12. The fourth-order valence-corrected chi connectivity index (χ4v) is 2.07. The lowest BCUT2D eigenvalue weighted by atomic mass is 10.1. The molecule has 0 spiro atoms. The molecule has 0 atom stereocenters. The highest BCUT2D eigenvalue weighted by atomic mass is 16.5. The molecule has 0 aliphatic heterocycles. The van der Waals surface area contributed by atoms with Crippen LogP contribution in [0.3, 0.4) is 0 Å². The molecule has 20 heavy (non-hydrogen) atoms. The Bertz CT molecular complexity index is 342. The monoisotopic (exact) mass is 278 g/mol. The standard InChI is InChI=1S/C17H30N2O/c1-3-5-6-7-8-9-14-20-15-16-11-10-12-17(19-16)18-13-4-2/h10-12H,3-9,13-15H2,1-2H3,(H,18,19). The summed E-state index contributed by atoms with van der Waals surface area (Å²) in [4.78, 5) is 4.53. The molecule has 0 aliphatic carbocycles. The predicted octanol–water partition coefficient (Wildman–Crippen LogP) is 4.78. The van der Waals surface area contributed by atoms with Crippen LogP contribution >= 0.6 is 0 Å². The molecule has 0 bridgehead atoms. The van der Waals surface area contributed by atoms with E-state index in [-0.39, 0.29) is 0 Å². The van der Waals surface area contributed by atoms with Gasteiger partial charge in [-0.05, 0) is 25.0 Å². The quantitative estimate of drug-likeness (QED) is 0.559. The number of hydrogen-bond donors (Lipinski definition) is 1. The van der Waals surface area contributed by atoms with E-state index in [1.54, 1.807) is 0 Å². The molecule has 1 heterocycles. The second kappa shape index (κ2) is 11.7. The van der Waals surface area contributed by atoms with E-state index in [1.807, 2.05) is 18.2 Å². The fourth-order valence-electron chi connectivity index (χ4n) is 2.07. The summed E-state index contributed by atoms with van der Waals surface area (Å²) in [6.07, 6.45) is 8.94. The fraction of sp³-hybridized carbons (Fsp3) is 0.706. The third kappa shape index (κ3) is 8.16. The van der Waals surface area contributed by atoms with Crippen LogP contribution in [0.1, 0.15) is 64.5 Å². The molecule has 0 saturated carbocycles. The highest BCUT2D eigenvalue weighted by molar-refractivity contribution is 5.34. The normalized spacial score (nSPS) is 10.7. The maximum atomic E-state index is 5.70. The molecular weight excluding hydrogens is 248 g/mol. The maximum absolute atomic E-state index is 5.70. The zero-order valence-corrected chi connectivity index (χ0v) is 13.2. The molecule has 1 N–H and O–H groups in total. The molecule has 0 aliphatic rings. The van der Waals surface area contributed by atoms with Gasteiger partial charge < -0.3 is 10.1 Å². The van der Waals surface area contributed by atoms with E-state index in [0.29, 0.717) is 6.61 Å². The minimum absolute atomic E-state index is 0.622. The maximum Gasteiger partial charge on any atom is 0.126 e. The third-order valence-electron chi connectivity index (χ3n) is 3.26. The van der Waals surface area contributed by atoms with Crippen molar-refractivity contribution in [1.29, 1.82) is 0 Å². The molecule has 3 heteroatoms. The van der Waals surface area contributed by atoms with Gasteiger partial charge in [0.2, 0.25) is 0 Å². The van der Waals surface area contributed by atoms with Gasteiger partial charge in [-0.15, -0.1) is 0 Å². The number of hydrogen-bond acceptors (Lipinski definition) is 3. The Balaban J connectivity index is 2.09. The van der Waals surface area contributed by atoms with Crippen molar-refractivity contribution in [3.63, 3.8) is 0 Å². The van der Waals surface area contributed by atoms with E-state index in [4.69, 9.17) is 4.74 Å². The Morgan fingerprint density at radius 2 is 1.80 bits per heavy atom. The van der Waals surface area contributed by atoms with Gasteiger partial charge in [0.25, 0.3) is 0 Å². The topological polar surface area (TPSA) is 34.1 Å². The summed E-state index contributed by atoms with van der Waals surface area (Å²) in [6, 6.07) is 6.07. The smallest absolute Gasteiger partial charge is 0.126 e. The first-order valence-corrected chi connectivity index (χ1v) is 8.14. The molecule has 1 aromatic rings. The van der Waals surface area contributed by atoms with Crippen LogP contribution in [0.2, 0.25) is 0 Å². The van der Waals surface area contributed by atoms with Crippen LogP contribution in [-0.2, 0) is 11.3 Å². The SMILES string of the molecule is CCCCCCCCOCc1cccc(NCCC)n1. The Morgan fingerprint density at radius 1 is 1.00 bits per heavy atom. The third-order valence-corrected chi connectivity index (χ3v) is 3.26. The largest absolute Gasteiger partial charge is 0.375 e. The summed E-state index contributed by atoms with van der Waals surface area (Å²) in [5.74, 6) is 0.951. The number of unbranched alkanes of at least 4 members (excludes halogenated alkanes) is 5. The summed E-state index contributed by atoms with van der Waals surface area (Å²) in [7, 11) is 0. The van der Waals surface area contributed by atoms with Crippen molar-refractivity contribution >= 4 is 5.82 Å². The van der Waals surface area contributed by atoms with Crippen molar-refractivity contribution in [1.82, 2.24) is 4.98 Å². The van der Waals surface area contributed by atoms with Gasteiger partial charge >= 0.3 is 0 Å². The van der Waals surface area contributed by atoms with Crippen molar-refractivity contribution in [2.75, 3.05) is 18.5 Å². The molecule has 0 unspecified atom stereocenters. The first kappa shape index (κ1) is 17.0. The van der Waals surface area contributed by atoms with E-state index in [9.17, 15) is 0 Å². The molecule has 0 saturated heterocycles. The van der Waals surface area contributed by atoms with Gasteiger partial charge in [0.05, 0.1) is 12.3 Å². The van der Waals surface area contributed by atoms with Crippen molar-refractivity contribution in [2.24, 2.45) is 0 Å². The Labute approximate surface area is 124 Å². The first-order chi connectivity index (χ1) is 9.86. The van der Waals surface area contributed by atoms with Crippen LogP contribution in [0.5, 0.6) is 0 Å². The van der Waals surface area contributed by atoms with Crippen LogP contribution < -0.4 is 5.32 Å². The van der Waals surface area contributed by atoms with Gasteiger partial charge in [0, 0.05) is 13.2 Å². The zero-order chi connectivity index (χ0) is 14.5. The van der Waals surface area contributed by atoms with Gasteiger partial charge in [-0.1, -0.05) is 52.0 Å². The second-order valence-corrected chi connectivity index (χ2v) is 5.26. The molecule has 0 amide bonds. The molecule has 3 nitrogen and oxygen atoms in total. The van der Waals surface area contributed by atoms with Crippen LogP contribution in [0.4, 0.5) is 5.82 Å². The van der Waals surface area contributed by atoms with Crippen molar-refractivity contribution < 1.29 is 4.74 Å². The summed E-state index contributed by atoms with van der Waals surface area (Å²) in [6.45, 7) is 6.84. The highest BCUT2D eigenvalue weighted by Crippen LogP contribution is 2.08. The lowest BCUT2D eigenvalue weighted by molar-refractivity contribution is 0.114. The Kier molecular flexibility index (Phi) is 9.93. The Hall–Kier alpha value is -1.09. The Morgan fingerprint density at radius 3 is 2.60 bits per heavy atom. The zero-order valence-electron chi connectivity index (χ0n) is 13.2. The van der Waals surface area contributed by atoms with E-state index in [0.717, 1.165) is 37.5 Å². The van der Waals surface area contributed by atoms with E-state index in [1.165, 1.54) is 32.1 Å². The number of aromatic nitrogens is 1. The summed E-state index contributed by atoms with van der Waals surface area (Å²) < 4.78 is 5.70. The number of anilines is 1. The van der Waals surface area contributed by atoms with Crippen LogP contribution in [0.25, 0.3) is 0 Å². The molecule has 0 radical (unpaired) electrons. The lowest BCUT2D eigenvalue weighted by Gasteiger charge is -2.07. The van der Waals surface area contributed by atoms with Crippen LogP contribution in [-0.4, -0.2) is 18.1 Å². The number of nitrogens with zero attached hydrogens (tertiary/aromatic N) is 1. The van der Waals surface area contributed by atoms with Gasteiger partial charge in [-0.2, -0.15) is 0 Å². The van der Waals surface area contributed by atoms with Gasteiger partial charge in [0.15, 0.2) is 0 Å². The van der Waals surface area contributed by atoms with E-state index < -0.39 is 0 Å². The van der Waals surface area contributed by atoms with Crippen LogP contribution in [0.15, 0.2) is 18.2 Å². The van der Waals surface area contributed by atoms with Crippen molar-refractivity contribution in [2.45, 2.75) is 65.4 Å². The summed E-state index contributed by atoms with van der Waals surface area (Å²) in [5, 5.41) is 3.30. The van der Waals surface area contributed by atoms with Gasteiger partial charge in [-0.3, -0.25) is 0 Å². The van der Waals surface area contributed by atoms with E-state index >= 15 is 0 Å². The molecular formula is C17H30N2O. The average Bonchev–Trinajstić information content (AvgIpc) is 2.48. The summed E-state index contributed by atoms with van der Waals surface area (Å²) >= 11 is 0. The highest BCUT2D eigenvalue weighted by Gasteiger charge is 1.98. The molecule has 114 valence electrons. The predicted molar refractivity (Wildman–Crippen MR) is 86.0 cm³/mol. The van der Waals surface area contributed by atoms with Gasteiger partial charge in [-0.25, -0.2) is 4.98 Å². The average molecular weight is 278 g/mol. The minimum atomic E-state index is 0.622. The molecule has 0 aromatic carbocycles. The number of nitrogens with one attached hydrogen (secondary N) is 1. The van der Waals surface area contributed by atoms with Crippen molar-refractivity contribution in [3.8, 4) is 0 Å². The number of ether oxygens (including phenoxy) is 1. The first-order valence-electron chi connectivity index (χ1n) is 8.14. The van der Waals surface area contributed by atoms with Crippen LogP contribution in [0, 0.1) is 0 Å². The lowest BCUT2D eigenvalue weighted by Crippen LogP contribution is -2.04. The summed E-state index contributed by atoms with van der Waals surface area (Å²) in [5.41, 5.74) is 1.01. The molecule has 1 rings (SSSR count). The molecule has 1 aromatic heterocycles. The van der Waals surface area contributed by atoms with Crippen molar-refractivity contribution in [3.05, 3.63) is 23.9 Å². The molecule has 0 fully saturated rings.